The maximum absolute atomic E-state index is 6.01. The zero-order chi connectivity index (χ0) is 17.9. The van der Waals surface area contributed by atoms with Crippen LogP contribution in [0.15, 0.2) is 30.3 Å². The number of nitrogens with two attached hydrogens (primary N) is 1. The number of benzene rings is 1. The average molecular weight is 353 g/mol. The van der Waals surface area contributed by atoms with Crippen molar-refractivity contribution in [1.29, 1.82) is 0 Å². The minimum Gasteiger partial charge on any atom is -0.378 e. The second-order valence-corrected chi connectivity index (χ2v) is 7.11. The summed E-state index contributed by atoms with van der Waals surface area (Å²) in [7, 11) is 0. The van der Waals surface area contributed by atoms with Gasteiger partial charge in [-0.2, -0.15) is 4.98 Å². The molecule has 2 aliphatic rings. The number of nitrogen functional groups attached to an aromatic ring is 1. The largest absolute Gasteiger partial charge is 0.378 e. The zero-order valence-corrected chi connectivity index (χ0v) is 15.4. The molecule has 2 saturated heterocycles. The van der Waals surface area contributed by atoms with Gasteiger partial charge in [0.05, 0.1) is 18.9 Å². The third-order valence-electron chi connectivity index (χ3n) is 5.42. The molecule has 0 spiro atoms. The standard InChI is InChI=1S/C20H27N5O/c1-15(24-7-2-3-8-24)16-5-4-6-17(13-16)18-14-19(23-20(21)22-18)25-9-11-26-12-10-25/h4-6,13-15H,2-3,7-12H2,1H3,(H2,21,22,23)/t15-/m0/s1. The number of rotatable bonds is 4. The van der Waals surface area contributed by atoms with E-state index < -0.39 is 0 Å². The Morgan fingerprint density at radius 2 is 1.81 bits per heavy atom. The average Bonchev–Trinajstić information content (AvgIpc) is 3.22. The normalized spacial score (nSPS) is 19.7. The van der Waals surface area contributed by atoms with E-state index in [9.17, 15) is 0 Å². The number of likely N-dealkylation sites (tertiary alicyclic amines) is 1. The maximum Gasteiger partial charge on any atom is 0.222 e. The Bertz CT molecular complexity index is 754. The smallest absolute Gasteiger partial charge is 0.222 e. The molecule has 26 heavy (non-hydrogen) atoms. The Morgan fingerprint density at radius 3 is 2.58 bits per heavy atom. The molecule has 2 aromatic rings. The molecule has 2 fully saturated rings. The monoisotopic (exact) mass is 353 g/mol. The maximum atomic E-state index is 6.01. The van der Waals surface area contributed by atoms with Gasteiger partial charge in [-0.05, 0) is 44.5 Å². The Balaban J connectivity index is 1.62. The fourth-order valence-electron chi connectivity index (χ4n) is 3.85. The lowest BCUT2D eigenvalue weighted by atomic mass is 10.0. The lowest BCUT2D eigenvalue weighted by Crippen LogP contribution is -2.36. The molecule has 0 radical (unpaired) electrons. The summed E-state index contributed by atoms with van der Waals surface area (Å²) in [5, 5.41) is 0. The van der Waals surface area contributed by atoms with Crippen LogP contribution in [0.3, 0.4) is 0 Å². The molecule has 0 unspecified atom stereocenters. The van der Waals surface area contributed by atoms with E-state index in [0.29, 0.717) is 12.0 Å². The van der Waals surface area contributed by atoms with Crippen LogP contribution >= 0.6 is 0 Å². The predicted octanol–water partition coefficient (Wildman–Crippen LogP) is 2.72. The summed E-state index contributed by atoms with van der Waals surface area (Å²) < 4.78 is 5.44. The molecule has 0 bridgehead atoms. The lowest BCUT2D eigenvalue weighted by molar-refractivity contribution is 0.122. The van der Waals surface area contributed by atoms with Crippen LogP contribution in [0.2, 0.25) is 0 Å². The van der Waals surface area contributed by atoms with Gasteiger partial charge in [0.2, 0.25) is 5.95 Å². The Hall–Kier alpha value is -2.18. The number of nitrogens with zero attached hydrogens (tertiary/aromatic N) is 4. The Kier molecular flexibility index (Phi) is 5.04. The fraction of sp³-hybridized carbons (Fsp3) is 0.500. The number of hydrogen-bond acceptors (Lipinski definition) is 6. The Labute approximate surface area is 155 Å². The molecule has 1 aromatic carbocycles. The van der Waals surface area contributed by atoms with E-state index >= 15 is 0 Å². The molecule has 6 nitrogen and oxygen atoms in total. The van der Waals surface area contributed by atoms with Gasteiger partial charge in [0.15, 0.2) is 0 Å². The number of aromatic nitrogens is 2. The van der Waals surface area contributed by atoms with Gasteiger partial charge in [0.25, 0.3) is 0 Å². The van der Waals surface area contributed by atoms with Crippen LogP contribution in [0.25, 0.3) is 11.3 Å². The van der Waals surface area contributed by atoms with Crippen molar-refractivity contribution in [1.82, 2.24) is 14.9 Å². The number of morpholine rings is 1. The third-order valence-corrected chi connectivity index (χ3v) is 5.42. The van der Waals surface area contributed by atoms with Crippen molar-refractivity contribution in [3.8, 4) is 11.3 Å². The SMILES string of the molecule is C[C@@H](c1cccc(-c2cc(N3CCOCC3)nc(N)n2)c1)N1CCCC1. The van der Waals surface area contributed by atoms with Crippen LogP contribution in [-0.4, -0.2) is 54.3 Å². The first-order valence-corrected chi connectivity index (χ1v) is 9.52. The van der Waals surface area contributed by atoms with Crippen LogP contribution in [0.4, 0.5) is 11.8 Å². The van der Waals surface area contributed by atoms with Gasteiger partial charge in [-0.1, -0.05) is 18.2 Å². The highest BCUT2D eigenvalue weighted by Gasteiger charge is 2.20. The van der Waals surface area contributed by atoms with E-state index in [4.69, 9.17) is 10.5 Å². The first-order valence-electron chi connectivity index (χ1n) is 9.52. The summed E-state index contributed by atoms with van der Waals surface area (Å²) >= 11 is 0. The summed E-state index contributed by atoms with van der Waals surface area (Å²) in [6.07, 6.45) is 2.60. The molecule has 0 aliphatic carbocycles. The van der Waals surface area contributed by atoms with Crippen LogP contribution in [0, 0.1) is 0 Å². The van der Waals surface area contributed by atoms with E-state index in [-0.39, 0.29) is 0 Å². The summed E-state index contributed by atoms with van der Waals surface area (Å²) in [5.41, 5.74) is 9.32. The molecule has 3 heterocycles. The van der Waals surface area contributed by atoms with Gasteiger partial charge in [-0.25, -0.2) is 4.98 Å². The van der Waals surface area contributed by atoms with Crippen LogP contribution < -0.4 is 10.6 Å². The molecule has 138 valence electrons. The molecular formula is C20H27N5O. The number of anilines is 2. The molecule has 1 atom stereocenters. The lowest BCUT2D eigenvalue weighted by Gasteiger charge is -2.28. The molecule has 0 amide bonds. The molecule has 2 aliphatic heterocycles. The quantitative estimate of drug-likeness (QED) is 0.912. The predicted molar refractivity (Wildman–Crippen MR) is 104 cm³/mol. The molecule has 2 N–H and O–H groups in total. The van der Waals surface area contributed by atoms with Gasteiger partial charge in [-0.3, -0.25) is 4.90 Å². The molecule has 1 aromatic heterocycles. The number of ether oxygens (including phenoxy) is 1. The van der Waals surface area contributed by atoms with E-state index in [1.165, 1.54) is 31.5 Å². The summed E-state index contributed by atoms with van der Waals surface area (Å²) in [5.74, 6) is 1.20. The van der Waals surface area contributed by atoms with Gasteiger partial charge in [0.1, 0.15) is 5.82 Å². The second kappa shape index (κ2) is 7.60. The number of hydrogen-bond donors (Lipinski definition) is 1. The highest BCUT2D eigenvalue weighted by Crippen LogP contribution is 2.29. The summed E-state index contributed by atoms with van der Waals surface area (Å²) in [6, 6.07) is 11.1. The second-order valence-electron chi connectivity index (χ2n) is 7.11. The van der Waals surface area contributed by atoms with E-state index in [0.717, 1.165) is 43.4 Å². The van der Waals surface area contributed by atoms with Gasteiger partial charge >= 0.3 is 0 Å². The highest BCUT2D eigenvalue weighted by atomic mass is 16.5. The summed E-state index contributed by atoms with van der Waals surface area (Å²) in [6.45, 7) is 7.78. The van der Waals surface area contributed by atoms with Crippen LogP contribution in [0.1, 0.15) is 31.4 Å². The van der Waals surface area contributed by atoms with Crippen molar-refractivity contribution < 1.29 is 4.74 Å². The van der Waals surface area contributed by atoms with Crippen molar-refractivity contribution >= 4 is 11.8 Å². The van der Waals surface area contributed by atoms with E-state index in [2.05, 4.69) is 51.0 Å². The van der Waals surface area contributed by atoms with Crippen molar-refractivity contribution in [3.05, 3.63) is 35.9 Å². The van der Waals surface area contributed by atoms with Crippen LogP contribution in [0.5, 0.6) is 0 Å². The van der Waals surface area contributed by atoms with Crippen molar-refractivity contribution in [3.63, 3.8) is 0 Å². The topological polar surface area (TPSA) is 67.5 Å². The minimum atomic E-state index is 0.321. The van der Waals surface area contributed by atoms with Gasteiger partial charge in [0, 0.05) is 30.8 Å². The van der Waals surface area contributed by atoms with Gasteiger partial charge < -0.3 is 15.4 Å². The van der Waals surface area contributed by atoms with E-state index in [1.54, 1.807) is 0 Å². The van der Waals surface area contributed by atoms with Gasteiger partial charge in [-0.15, -0.1) is 0 Å². The van der Waals surface area contributed by atoms with E-state index in [1.807, 2.05) is 6.07 Å². The zero-order valence-electron chi connectivity index (χ0n) is 15.4. The first-order chi connectivity index (χ1) is 12.7. The molecule has 6 heteroatoms. The van der Waals surface area contributed by atoms with Crippen molar-refractivity contribution in [2.24, 2.45) is 0 Å². The highest BCUT2D eigenvalue weighted by molar-refractivity contribution is 5.65. The molecular weight excluding hydrogens is 326 g/mol. The van der Waals surface area contributed by atoms with Crippen molar-refractivity contribution in [2.45, 2.75) is 25.8 Å². The first kappa shape index (κ1) is 17.2. The third kappa shape index (κ3) is 3.66. The minimum absolute atomic E-state index is 0.321. The van der Waals surface area contributed by atoms with Crippen LogP contribution in [-0.2, 0) is 4.74 Å². The fourth-order valence-corrected chi connectivity index (χ4v) is 3.85. The Morgan fingerprint density at radius 1 is 1.04 bits per heavy atom. The molecule has 0 saturated carbocycles. The molecule has 4 rings (SSSR count). The van der Waals surface area contributed by atoms with Crippen molar-refractivity contribution in [2.75, 3.05) is 50.0 Å². The summed E-state index contributed by atoms with van der Waals surface area (Å²) in [4.78, 5) is 13.7.